The molecule has 0 aromatic heterocycles. The van der Waals surface area contributed by atoms with E-state index in [1.807, 2.05) is 0 Å². The zero-order valence-electron chi connectivity index (χ0n) is 8.17. The van der Waals surface area contributed by atoms with Crippen LogP contribution in [0.1, 0.15) is 0 Å². The molecule has 1 unspecified atom stereocenters. The molecular weight excluding hydrogens is 213 g/mol. The molecule has 1 aliphatic heterocycles. The molecule has 1 rings (SSSR count). The Balaban J connectivity index is 2.42. The minimum atomic E-state index is -4.59. The van der Waals surface area contributed by atoms with Gasteiger partial charge in [-0.15, -0.1) is 0 Å². The minimum Gasteiger partial charge on any atom is -0.395 e. The highest BCUT2D eigenvalue weighted by Crippen LogP contribution is 2.21. The van der Waals surface area contributed by atoms with E-state index in [1.165, 1.54) is 4.90 Å². The molecule has 15 heavy (non-hydrogen) atoms. The molecule has 4 nitrogen and oxygen atoms in total. The average Bonchev–Trinajstić information content (AvgIpc) is 1.99. The van der Waals surface area contributed by atoms with E-state index in [4.69, 9.17) is 10.2 Å². The fourth-order valence-electron chi connectivity index (χ4n) is 1.41. The molecule has 3 N–H and O–H groups in total. The fourth-order valence-corrected chi connectivity index (χ4v) is 1.41. The van der Waals surface area contributed by atoms with Gasteiger partial charge in [-0.25, -0.2) is 0 Å². The number of alkyl halides is 3. The average molecular weight is 228 g/mol. The lowest BCUT2D eigenvalue weighted by molar-refractivity contribution is -0.210. The summed E-state index contributed by atoms with van der Waals surface area (Å²) in [5, 5.41) is 20.5. The number of aliphatic hydroxyl groups is 2. The second-order valence-electron chi connectivity index (χ2n) is 3.59. The molecule has 0 spiro atoms. The maximum Gasteiger partial charge on any atom is 0.415 e. The predicted molar refractivity (Wildman–Crippen MR) is 47.4 cm³/mol. The number of nitrogens with one attached hydrogen (secondary N) is 1. The Labute approximate surface area is 85.7 Å². The first-order chi connectivity index (χ1) is 6.95. The third kappa shape index (κ3) is 3.60. The van der Waals surface area contributed by atoms with E-state index in [2.05, 4.69) is 5.32 Å². The second-order valence-corrected chi connectivity index (χ2v) is 3.59. The number of hydrogen-bond acceptors (Lipinski definition) is 4. The van der Waals surface area contributed by atoms with Gasteiger partial charge in [0.1, 0.15) is 0 Å². The smallest absolute Gasteiger partial charge is 0.395 e. The summed E-state index contributed by atoms with van der Waals surface area (Å²) in [5.41, 5.74) is 0. The van der Waals surface area contributed by atoms with Gasteiger partial charge in [0.25, 0.3) is 0 Å². The largest absolute Gasteiger partial charge is 0.415 e. The van der Waals surface area contributed by atoms with Crippen molar-refractivity contribution in [2.75, 3.05) is 32.8 Å². The van der Waals surface area contributed by atoms with Crippen LogP contribution in [0.25, 0.3) is 0 Å². The number of aliphatic hydroxyl groups excluding tert-OH is 2. The van der Waals surface area contributed by atoms with Crippen molar-refractivity contribution in [1.82, 2.24) is 10.2 Å². The van der Waals surface area contributed by atoms with E-state index in [9.17, 15) is 13.2 Å². The lowest BCUT2D eigenvalue weighted by Crippen LogP contribution is -2.60. The summed E-state index contributed by atoms with van der Waals surface area (Å²) in [6, 6.07) is -0.0193. The van der Waals surface area contributed by atoms with Gasteiger partial charge in [-0.1, -0.05) is 0 Å². The van der Waals surface area contributed by atoms with Crippen molar-refractivity contribution in [2.45, 2.75) is 18.3 Å². The van der Waals surface area contributed by atoms with E-state index in [1.54, 1.807) is 0 Å². The van der Waals surface area contributed by atoms with Crippen molar-refractivity contribution < 1.29 is 23.4 Å². The van der Waals surface area contributed by atoms with Gasteiger partial charge < -0.3 is 15.5 Å². The van der Waals surface area contributed by atoms with E-state index in [-0.39, 0.29) is 19.2 Å². The van der Waals surface area contributed by atoms with Crippen LogP contribution in [0, 0.1) is 0 Å². The van der Waals surface area contributed by atoms with Crippen LogP contribution in [0.5, 0.6) is 0 Å². The highest BCUT2D eigenvalue weighted by Gasteiger charge is 2.40. The summed E-state index contributed by atoms with van der Waals surface area (Å²) in [6.07, 6.45) is -6.94. The maximum atomic E-state index is 12.1. The first-order valence-corrected chi connectivity index (χ1v) is 4.75. The third-order valence-corrected chi connectivity index (χ3v) is 2.45. The molecule has 1 aliphatic rings. The van der Waals surface area contributed by atoms with Crippen LogP contribution < -0.4 is 5.32 Å². The lowest BCUT2D eigenvalue weighted by atomic mass is 10.1. The summed E-state index contributed by atoms with van der Waals surface area (Å²) in [6.45, 7) is 0.673. The van der Waals surface area contributed by atoms with Gasteiger partial charge in [0.05, 0.1) is 6.61 Å². The molecule has 0 bridgehead atoms. The van der Waals surface area contributed by atoms with Crippen LogP contribution in [-0.4, -0.2) is 66.2 Å². The van der Waals surface area contributed by atoms with Gasteiger partial charge in [-0.3, -0.25) is 4.90 Å². The second kappa shape index (κ2) is 5.11. The van der Waals surface area contributed by atoms with Gasteiger partial charge >= 0.3 is 6.18 Å². The summed E-state index contributed by atoms with van der Waals surface area (Å²) < 4.78 is 36.2. The summed E-state index contributed by atoms with van der Waals surface area (Å²) in [5.74, 6) is 0. The van der Waals surface area contributed by atoms with Crippen LogP contribution >= 0.6 is 0 Å². The summed E-state index contributed by atoms with van der Waals surface area (Å²) in [4.78, 5) is 1.45. The molecule has 0 radical (unpaired) electrons. The molecular formula is C8H15F3N2O2. The quantitative estimate of drug-likeness (QED) is 0.575. The van der Waals surface area contributed by atoms with Crippen molar-refractivity contribution in [3.63, 3.8) is 0 Å². The Morgan fingerprint density at radius 1 is 1.40 bits per heavy atom. The Bertz CT molecular complexity index is 197. The van der Waals surface area contributed by atoms with E-state index in [0.29, 0.717) is 13.1 Å². The van der Waals surface area contributed by atoms with Crippen LogP contribution in [0.3, 0.4) is 0 Å². The van der Waals surface area contributed by atoms with Crippen LogP contribution in [0.4, 0.5) is 13.2 Å². The van der Waals surface area contributed by atoms with Crippen molar-refractivity contribution >= 4 is 0 Å². The molecule has 90 valence electrons. The first-order valence-electron chi connectivity index (χ1n) is 4.75. The van der Waals surface area contributed by atoms with Crippen molar-refractivity contribution in [3.05, 3.63) is 0 Å². The number of nitrogens with zero attached hydrogens (tertiary/aromatic N) is 1. The normalized spacial score (nSPS) is 20.4. The lowest BCUT2D eigenvalue weighted by Gasteiger charge is -2.39. The number of hydrogen-bond donors (Lipinski definition) is 3. The minimum absolute atomic E-state index is 0.0193. The third-order valence-electron chi connectivity index (χ3n) is 2.45. The van der Waals surface area contributed by atoms with E-state index < -0.39 is 18.8 Å². The van der Waals surface area contributed by atoms with Crippen LogP contribution in [0.2, 0.25) is 0 Å². The molecule has 1 saturated heterocycles. The predicted octanol–water partition coefficient (Wildman–Crippen LogP) is -0.824. The van der Waals surface area contributed by atoms with Crippen molar-refractivity contribution in [3.8, 4) is 0 Å². The Kier molecular flexibility index (Phi) is 4.32. The summed E-state index contributed by atoms with van der Waals surface area (Å²) >= 11 is 0. The van der Waals surface area contributed by atoms with E-state index >= 15 is 0 Å². The molecule has 1 fully saturated rings. The molecule has 1 heterocycles. The molecule has 0 saturated carbocycles. The number of rotatable bonds is 5. The zero-order chi connectivity index (χ0) is 11.5. The van der Waals surface area contributed by atoms with Crippen LogP contribution in [0.15, 0.2) is 0 Å². The molecule has 0 aliphatic carbocycles. The zero-order valence-corrected chi connectivity index (χ0v) is 8.17. The topological polar surface area (TPSA) is 55.7 Å². The molecule has 1 atom stereocenters. The Hall–Kier alpha value is -0.370. The Morgan fingerprint density at radius 2 is 2.00 bits per heavy atom. The van der Waals surface area contributed by atoms with Crippen LogP contribution in [-0.2, 0) is 0 Å². The molecule has 0 aromatic rings. The molecule has 0 amide bonds. The first kappa shape index (κ1) is 12.7. The van der Waals surface area contributed by atoms with Gasteiger partial charge in [-0.05, 0) is 0 Å². The Morgan fingerprint density at radius 3 is 2.33 bits per heavy atom. The van der Waals surface area contributed by atoms with Crippen molar-refractivity contribution in [1.29, 1.82) is 0 Å². The highest BCUT2D eigenvalue weighted by atomic mass is 19.4. The standard InChI is InChI=1S/C8H15F3N2O2/c9-8(10,11)7(15)5-13(1-2-14)6-3-12-4-6/h6-7,12,14-15H,1-5H2. The number of halogens is 3. The SMILES string of the molecule is OCCN(CC(O)C(F)(F)F)C1CNC1. The van der Waals surface area contributed by atoms with Crippen molar-refractivity contribution in [2.24, 2.45) is 0 Å². The molecule has 0 aromatic carbocycles. The van der Waals surface area contributed by atoms with E-state index in [0.717, 1.165) is 0 Å². The van der Waals surface area contributed by atoms with Gasteiger partial charge in [-0.2, -0.15) is 13.2 Å². The van der Waals surface area contributed by atoms with Gasteiger partial charge in [0, 0.05) is 32.2 Å². The van der Waals surface area contributed by atoms with Gasteiger partial charge in [0.15, 0.2) is 6.10 Å². The summed E-state index contributed by atoms with van der Waals surface area (Å²) in [7, 11) is 0. The fraction of sp³-hybridized carbons (Fsp3) is 1.00. The van der Waals surface area contributed by atoms with Gasteiger partial charge in [0.2, 0.25) is 0 Å². The highest BCUT2D eigenvalue weighted by molar-refractivity contribution is 4.86. The molecule has 7 heteroatoms. The maximum absolute atomic E-state index is 12.1. The monoisotopic (exact) mass is 228 g/mol.